The van der Waals surface area contributed by atoms with Crippen LogP contribution in [-0.2, 0) is 13.6 Å². The monoisotopic (exact) mass is 545 g/mol. The molecule has 1 fully saturated rings. The van der Waals surface area contributed by atoms with E-state index in [1.54, 1.807) is 29.3 Å². The van der Waals surface area contributed by atoms with Crippen LogP contribution in [0.25, 0.3) is 22.5 Å². The van der Waals surface area contributed by atoms with Crippen molar-refractivity contribution < 1.29 is 14.2 Å². The first-order chi connectivity index (χ1) is 19.5. The molecule has 0 aromatic carbocycles. The maximum Gasteiger partial charge on any atom is 0.240 e. The quantitative estimate of drug-likeness (QED) is 0.397. The number of rotatable bonds is 5. The minimum absolute atomic E-state index is 0.137. The molecule has 6 heterocycles. The van der Waals surface area contributed by atoms with Gasteiger partial charge in [0.1, 0.15) is 22.9 Å². The Bertz CT molecular complexity index is 1480. The lowest BCUT2D eigenvalue weighted by Crippen LogP contribution is -2.17. The highest BCUT2D eigenvalue weighted by atomic mass is 16.5. The van der Waals surface area contributed by atoms with Gasteiger partial charge in [-0.1, -0.05) is 0 Å². The van der Waals surface area contributed by atoms with Gasteiger partial charge < -0.3 is 24.4 Å². The van der Waals surface area contributed by atoms with E-state index >= 15 is 0 Å². The van der Waals surface area contributed by atoms with Gasteiger partial charge in [0, 0.05) is 56.8 Å². The molecule has 4 aromatic rings. The third-order valence-electron chi connectivity index (χ3n) is 7.23. The second-order valence-corrected chi connectivity index (χ2v) is 10.4. The summed E-state index contributed by atoms with van der Waals surface area (Å²) in [5.41, 5.74) is 2.40. The molecule has 12 heteroatoms. The van der Waals surface area contributed by atoms with Crippen LogP contribution in [0.15, 0.2) is 36.9 Å². The maximum absolute atomic E-state index is 6.52. The molecule has 4 aromatic heterocycles. The summed E-state index contributed by atoms with van der Waals surface area (Å²) < 4.78 is 22.3. The Labute approximate surface area is 233 Å². The van der Waals surface area contributed by atoms with Crippen molar-refractivity contribution >= 4 is 11.6 Å². The molecule has 1 saturated heterocycles. The fraction of sp³-hybridized carbons (Fsp3) is 0.464. The molecule has 0 aliphatic carbocycles. The number of aromatic nitrogens is 7. The molecule has 40 heavy (non-hydrogen) atoms. The summed E-state index contributed by atoms with van der Waals surface area (Å²) in [5.74, 6) is 4.16. The number of anilines is 2. The van der Waals surface area contributed by atoms with Crippen molar-refractivity contribution in [1.29, 1.82) is 0 Å². The Morgan fingerprint density at radius 1 is 1.10 bits per heavy atom. The number of nitrogens with one attached hydrogen (secondary N) is 1. The average molecular weight is 546 g/mol. The molecule has 1 N–H and O–H groups in total. The Kier molecular flexibility index (Phi) is 7.25. The first-order valence-electron chi connectivity index (χ1n) is 13.8. The summed E-state index contributed by atoms with van der Waals surface area (Å²) in [5, 5.41) is 12.4. The van der Waals surface area contributed by atoms with E-state index < -0.39 is 0 Å². The topological polar surface area (TPSA) is 117 Å². The van der Waals surface area contributed by atoms with Crippen molar-refractivity contribution in [2.75, 3.05) is 38.7 Å². The van der Waals surface area contributed by atoms with E-state index in [2.05, 4.69) is 32.3 Å². The Hall–Kier alpha value is -4.19. The van der Waals surface area contributed by atoms with Crippen LogP contribution in [0.1, 0.15) is 26.7 Å². The first-order valence-corrected chi connectivity index (χ1v) is 13.8. The van der Waals surface area contributed by atoms with Crippen molar-refractivity contribution in [2.45, 2.75) is 39.3 Å². The standard InChI is InChI=1S/C28H35N9O3/c1-5-38-27-22(17-37(34-27)16-19-7-10-35(3)15-19)20-13-30-25-12-23(20)40-18(2)8-11-39-28-21(14-31-36(28)4)26-29-9-6-24(32-25)33-26/h6,9,12-14,17-19H,5,7-8,10-11,15-16H2,1-4H3,(H,29,30,32,33)/t18-,19?/m0/s1. The van der Waals surface area contributed by atoms with E-state index in [1.807, 2.05) is 37.8 Å². The van der Waals surface area contributed by atoms with Gasteiger partial charge in [0.05, 0.1) is 31.1 Å². The summed E-state index contributed by atoms with van der Waals surface area (Å²) in [7, 11) is 4.00. The van der Waals surface area contributed by atoms with Gasteiger partial charge in [-0.15, -0.1) is 5.10 Å². The molecule has 6 rings (SSSR count). The molecule has 12 nitrogen and oxygen atoms in total. The van der Waals surface area contributed by atoms with Gasteiger partial charge in [-0.25, -0.2) is 19.6 Å². The Morgan fingerprint density at radius 3 is 2.83 bits per heavy atom. The van der Waals surface area contributed by atoms with Gasteiger partial charge in [-0.05, 0) is 45.8 Å². The second-order valence-electron chi connectivity index (χ2n) is 10.4. The highest BCUT2D eigenvalue weighted by Crippen LogP contribution is 2.38. The molecule has 210 valence electrons. The van der Waals surface area contributed by atoms with Crippen molar-refractivity contribution in [2.24, 2.45) is 13.0 Å². The zero-order chi connectivity index (χ0) is 27.6. The molecule has 0 saturated carbocycles. The molecule has 2 aliphatic heterocycles. The molecular weight excluding hydrogens is 510 g/mol. The number of aryl methyl sites for hydroxylation is 1. The van der Waals surface area contributed by atoms with Gasteiger partial charge in [-0.3, -0.25) is 4.68 Å². The van der Waals surface area contributed by atoms with Crippen molar-refractivity contribution in [1.82, 2.24) is 39.4 Å². The van der Waals surface area contributed by atoms with Gasteiger partial charge >= 0.3 is 0 Å². The van der Waals surface area contributed by atoms with E-state index in [0.717, 1.165) is 42.7 Å². The highest BCUT2D eigenvalue weighted by molar-refractivity contribution is 5.75. The number of likely N-dealkylation sites (tertiary alicyclic amines) is 1. The van der Waals surface area contributed by atoms with E-state index in [4.69, 9.17) is 24.3 Å². The van der Waals surface area contributed by atoms with E-state index in [1.165, 1.54) is 0 Å². The molecule has 0 radical (unpaired) electrons. The van der Waals surface area contributed by atoms with Crippen LogP contribution in [0.4, 0.5) is 11.6 Å². The summed E-state index contributed by atoms with van der Waals surface area (Å²) in [4.78, 5) is 16.2. The van der Waals surface area contributed by atoms with Gasteiger partial charge in [0.25, 0.3) is 0 Å². The number of fused-ring (bicyclic) bond motifs is 6. The van der Waals surface area contributed by atoms with E-state index in [-0.39, 0.29) is 6.10 Å². The Morgan fingerprint density at radius 2 is 2.00 bits per heavy atom. The van der Waals surface area contributed by atoms with Gasteiger partial charge in [0.15, 0.2) is 5.82 Å². The summed E-state index contributed by atoms with van der Waals surface area (Å²) in [6.07, 6.45) is 8.95. The molecule has 0 amide bonds. The molecule has 4 bridgehead atoms. The zero-order valence-electron chi connectivity index (χ0n) is 23.4. The number of hydrogen-bond donors (Lipinski definition) is 1. The van der Waals surface area contributed by atoms with Gasteiger partial charge in [0.2, 0.25) is 11.8 Å². The lowest BCUT2D eigenvalue weighted by atomic mass is 10.1. The van der Waals surface area contributed by atoms with Crippen LogP contribution in [0.3, 0.4) is 0 Å². The normalized spacial score (nSPS) is 19.2. The highest BCUT2D eigenvalue weighted by Gasteiger charge is 2.24. The summed E-state index contributed by atoms with van der Waals surface area (Å²) in [6, 6.07) is 3.69. The number of nitrogens with zero attached hydrogens (tertiary/aromatic N) is 8. The molecular formula is C28H35N9O3. The predicted octanol–water partition coefficient (Wildman–Crippen LogP) is 3.78. The predicted molar refractivity (Wildman–Crippen MR) is 150 cm³/mol. The largest absolute Gasteiger partial charge is 0.490 e. The number of ether oxygens (including phenoxy) is 3. The molecule has 2 aliphatic rings. The van der Waals surface area contributed by atoms with Crippen LogP contribution in [0.5, 0.6) is 17.5 Å². The SMILES string of the molecule is CCOc1nn(CC2CCN(C)C2)cc1-c1cnc2cc1O[C@@H](C)CCOc1c(cnn1C)-c1nccc(n1)N2. The van der Waals surface area contributed by atoms with E-state index in [9.17, 15) is 0 Å². The number of pyridine rings is 1. The first kappa shape index (κ1) is 26.1. The third-order valence-corrected chi connectivity index (χ3v) is 7.23. The minimum Gasteiger partial charge on any atom is -0.490 e. The smallest absolute Gasteiger partial charge is 0.240 e. The van der Waals surface area contributed by atoms with Crippen LogP contribution in [-0.4, -0.2) is 78.9 Å². The maximum atomic E-state index is 6.52. The van der Waals surface area contributed by atoms with Crippen LogP contribution >= 0.6 is 0 Å². The van der Waals surface area contributed by atoms with Crippen molar-refractivity contribution in [3.05, 3.63) is 36.9 Å². The van der Waals surface area contributed by atoms with Crippen LogP contribution in [0.2, 0.25) is 0 Å². The third kappa shape index (κ3) is 5.44. The fourth-order valence-corrected chi connectivity index (χ4v) is 5.21. The average Bonchev–Trinajstić information content (AvgIpc) is 3.63. The summed E-state index contributed by atoms with van der Waals surface area (Å²) >= 11 is 0. The molecule has 0 spiro atoms. The molecule has 1 unspecified atom stereocenters. The minimum atomic E-state index is -0.137. The Balaban J connectivity index is 1.36. The summed E-state index contributed by atoms with van der Waals surface area (Å²) in [6.45, 7) is 7.98. The lowest BCUT2D eigenvalue weighted by molar-refractivity contribution is 0.173. The lowest BCUT2D eigenvalue weighted by Gasteiger charge is -2.19. The zero-order valence-corrected chi connectivity index (χ0v) is 23.4. The van der Waals surface area contributed by atoms with Crippen LogP contribution < -0.4 is 19.5 Å². The van der Waals surface area contributed by atoms with E-state index in [0.29, 0.717) is 60.5 Å². The number of hydrogen-bond acceptors (Lipinski definition) is 10. The second kappa shape index (κ2) is 11.1. The van der Waals surface area contributed by atoms with Crippen molar-refractivity contribution in [3.63, 3.8) is 0 Å². The van der Waals surface area contributed by atoms with Crippen molar-refractivity contribution in [3.8, 4) is 40.0 Å². The molecule has 2 atom stereocenters. The van der Waals surface area contributed by atoms with Crippen LogP contribution in [0, 0.1) is 5.92 Å². The fourth-order valence-electron chi connectivity index (χ4n) is 5.21. The van der Waals surface area contributed by atoms with Gasteiger partial charge in [-0.2, -0.15) is 5.10 Å².